The Morgan fingerprint density at radius 3 is 2.79 bits per heavy atom. The lowest BCUT2D eigenvalue weighted by molar-refractivity contribution is -0.139. The van der Waals surface area contributed by atoms with Crippen molar-refractivity contribution in [3.63, 3.8) is 0 Å². The lowest BCUT2D eigenvalue weighted by Crippen LogP contribution is -2.24. The largest absolute Gasteiger partial charge is 0.465 e. The number of hydrogen-bond donors (Lipinski definition) is 1. The van der Waals surface area contributed by atoms with Gasteiger partial charge in [-0.25, -0.2) is 12.8 Å². The third kappa shape index (κ3) is 4.56. The van der Waals surface area contributed by atoms with Gasteiger partial charge < -0.3 is 4.74 Å². The van der Waals surface area contributed by atoms with Crippen molar-refractivity contribution in [2.75, 3.05) is 17.1 Å². The molecule has 1 aromatic rings. The van der Waals surface area contributed by atoms with Crippen LogP contribution in [0.5, 0.6) is 0 Å². The molecule has 0 spiro atoms. The van der Waals surface area contributed by atoms with Crippen molar-refractivity contribution in [3.05, 3.63) is 29.6 Å². The van der Waals surface area contributed by atoms with Crippen LogP contribution in [0.1, 0.15) is 12.5 Å². The van der Waals surface area contributed by atoms with E-state index in [9.17, 15) is 17.6 Å². The number of anilines is 1. The Balaban J connectivity index is 2.84. The van der Waals surface area contributed by atoms with Gasteiger partial charge in [0.05, 0.1) is 17.9 Å². The SMILES string of the molecule is CCOC(=O)CS(=O)(=O)Nc1ccc(F)c(C#N)c1. The maximum Gasteiger partial charge on any atom is 0.323 e. The zero-order chi connectivity index (χ0) is 14.5. The molecular formula is C11H11FN2O4S. The molecule has 0 aliphatic carbocycles. The van der Waals surface area contributed by atoms with Crippen LogP contribution in [0, 0.1) is 17.1 Å². The second kappa shape index (κ2) is 6.15. The van der Waals surface area contributed by atoms with Crippen LogP contribution in [-0.4, -0.2) is 26.7 Å². The van der Waals surface area contributed by atoms with Crippen molar-refractivity contribution in [2.24, 2.45) is 0 Å². The topological polar surface area (TPSA) is 96.3 Å². The van der Waals surface area contributed by atoms with E-state index in [1.54, 1.807) is 13.0 Å². The minimum atomic E-state index is -3.95. The molecule has 19 heavy (non-hydrogen) atoms. The molecule has 0 unspecified atom stereocenters. The van der Waals surface area contributed by atoms with E-state index < -0.39 is 27.6 Å². The number of esters is 1. The highest BCUT2D eigenvalue weighted by Crippen LogP contribution is 2.15. The number of nitrogens with zero attached hydrogens (tertiary/aromatic N) is 1. The molecule has 1 N–H and O–H groups in total. The number of ether oxygens (including phenoxy) is 1. The Bertz CT molecular complexity index is 622. The molecule has 0 bridgehead atoms. The summed E-state index contributed by atoms with van der Waals surface area (Å²) >= 11 is 0. The van der Waals surface area contributed by atoms with Crippen LogP contribution in [0.15, 0.2) is 18.2 Å². The van der Waals surface area contributed by atoms with Crippen LogP contribution < -0.4 is 4.72 Å². The third-order valence-corrected chi connectivity index (χ3v) is 3.14. The summed E-state index contributed by atoms with van der Waals surface area (Å²) in [6.07, 6.45) is 0. The molecule has 0 amide bonds. The van der Waals surface area contributed by atoms with Gasteiger partial charge in [0.1, 0.15) is 11.9 Å². The van der Waals surface area contributed by atoms with E-state index in [-0.39, 0.29) is 17.9 Å². The molecule has 0 fully saturated rings. The highest BCUT2D eigenvalue weighted by Gasteiger charge is 2.18. The molecule has 0 radical (unpaired) electrons. The first-order valence-electron chi connectivity index (χ1n) is 5.23. The molecule has 0 saturated carbocycles. The summed E-state index contributed by atoms with van der Waals surface area (Å²) < 4.78 is 42.8. The van der Waals surface area contributed by atoms with Crippen molar-refractivity contribution >= 4 is 21.7 Å². The van der Waals surface area contributed by atoms with E-state index in [0.717, 1.165) is 18.2 Å². The van der Waals surface area contributed by atoms with Crippen molar-refractivity contribution in [1.82, 2.24) is 0 Å². The normalized spacial score (nSPS) is 10.6. The lowest BCUT2D eigenvalue weighted by Gasteiger charge is -2.08. The van der Waals surface area contributed by atoms with Gasteiger partial charge in [0, 0.05) is 0 Å². The molecular weight excluding hydrogens is 275 g/mol. The minimum absolute atomic E-state index is 0.00208. The molecule has 0 saturated heterocycles. The number of carbonyl (C=O) groups is 1. The molecule has 102 valence electrons. The van der Waals surface area contributed by atoms with Crippen LogP contribution >= 0.6 is 0 Å². The molecule has 0 atom stereocenters. The van der Waals surface area contributed by atoms with Crippen LogP contribution in [0.2, 0.25) is 0 Å². The number of halogens is 1. The first kappa shape index (κ1) is 14.9. The Morgan fingerprint density at radius 2 is 2.21 bits per heavy atom. The molecule has 1 aromatic carbocycles. The number of hydrogen-bond acceptors (Lipinski definition) is 5. The third-order valence-electron chi connectivity index (χ3n) is 1.97. The maximum absolute atomic E-state index is 13.0. The van der Waals surface area contributed by atoms with Gasteiger partial charge in [-0.2, -0.15) is 5.26 Å². The predicted molar refractivity (Wildman–Crippen MR) is 65.2 cm³/mol. The predicted octanol–water partition coefficient (Wildman–Crippen LogP) is 1.00. The number of benzene rings is 1. The monoisotopic (exact) mass is 286 g/mol. The fourth-order valence-electron chi connectivity index (χ4n) is 1.25. The highest BCUT2D eigenvalue weighted by molar-refractivity contribution is 7.93. The number of rotatable bonds is 5. The zero-order valence-corrected chi connectivity index (χ0v) is 10.8. The Morgan fingerprint density at radius 1 is 1.53 bits per heavy atom. The smallest absolute Gasteiger partial charge is 0.323 e. The molecule has 0 aliphatic rings. The van der Waals surface area contributed by atoms with E-state index >= 15 is 0 Å². The number of nitrogens with one attached hydrogen (secondary N) is 1. The summed E-state index contributed by atoms with van der Waals surface area (Å²) in [6, 6.07) is 4.73. The van der Waals surface area contributed by atoms with Crippen LogP contribution in [0.4, 0.5) is 10.1 Å². The molecule has 0 aliphatic heterocycles. The molecule has 0 heterocycles. The van der Waals surface area contributed by atoms with E-state index in [0.29, 0.717) is 0 Å². The second-order valence-electron chi connectivity index (χ2n) is 3.47. The van der Waals surface area contributed by atoms with Crippen LogP contribution in [-0.2, 0) is 19.6 Å². The summed E-state index contributed by atoms with van der Waals surface area (Å²) in [7, 11) is -3.95. The van der Waals surface area contributed by atoms with Crippen LogP contribution in [0.25, 0.3) is 0 Å². The summed E-state index contributed by atoms with van der Waals surface area (Å²) in [5, 5.41) is 8.62. The van der Waals surface area contributed by atoms with E-state index in [4.69, 9.17) is 5.26 Å². The van der Waals surface area contributed by atoms with Gasteiger partial charge in [0.2, 0.25) is 10.0 Å². The van der Waals surface area contributed by atoms with Crippen molar-refractivity contribution in [2.45, 2.75) is 6.92 Å². The summed E-state index contributed by atoms with van der Waals surface area (Å²) in [5.74, 6) is -2.49. The fourth-order valence-corrected chi connectivity index (χ4v) is 2.20. The molecule has 6 nitrogen and oxygen atoms in total. The Labute approximate surface area is 109 Å². The van der Waals surface area contributed by atoms with Crippen LogP contribution in [0.3, 0.4) is 0 Å². The van der Waals surface area contributed by atoms with E-state index in [1.807, 2.05) is 0 Å². The quantitative estimate of drug-likeness (QED) is 0.815. The average molecular weight is 286 g/mol. The first-order valence-corrected chi connectivity index (χ1v) is 6.89. The van der Waals surface area contributed by atoms with Gasteiger partial charge >= 0.3 is 5.97 Å². The molecule has 1 rings (SSSR count). The zero-order valence-electron chi connectivity index (χ0n) is 10.0. The Kier molecular flexibility index (Phi) is 4.83. The number of carbonyl (C=O) groups excluding carboxylic acids is 1. The number of sulfonamides is 1. The number of nitriles is 1. The van der Waals surface area contributed by atoms with Crippen molar-refractivity contribution in [3.8, 4) is 6.07 Å². The minimum Gasteiger partial charge on any atom is -0.465 e. The first-order chi connectivity index (χ1) is 8.88. The van der Waals surface area contributed by atoms with Gasteiger partial charge in [-0.15, -0.1) is 0 Å². The average Bonchev–Trinajstić information content (AvgIpc) is 2.30. The summed E-state index contributed by atoms with van der Waals surface area (Å²) in [4.78, 5) is 11.1. The standard InChI is InChI=1S/C11H11FN2O4S/c1-2-18-11(15)7-19(16,17)14-9-3-4-10(12)8(5-9)6-13/h3-5,14H,2,7H2,1H3. The Hall–Kier alpha value is -2.14. The maximum atomic E-state index is 13.0. The van der Waals surface area contributed by atoms with Gasteiger partial charge in [-0.05, 0) is 25.1 Å². The van der Waals surface area contributed by atoms with Crippen molar-refractivity contribution < 1.29 is 22.3 Å². The van der Waals surface area contributed by atoms with E-state index in [2.05, 4.69) is 9.46 Å². The molecule has 8 heteroatoms. The lowest BCUT2D eigenvalue weighted by atomic mass is 10.2. The van der Waals surface area contributed by atoms with Gasteiger partial charge in [0.15, 0.2) is 5.75 Å². The second-order valence-corrected chi connectivity index (χ2v) is 5.19. The summed E-state index contributed by atoms with van der Waals surface area (Å²) in [5.41, 5.74) is -0.293. The molecule has 0 aromatic heterocycles. The van der Waals surface area contributed by atoms with Gasteiger partial charge in [-0.1, -0.05) is 0 Å². The summed E-state index contributed by atoms with van der Waals surface area (Å²) in [6.45, 7) is 1.63. The van der Waals surface area contributed by atoms with E-state index in [1.165, 1.54) is 0 Å². The van der Waals surface area contributed by atoms with Gasteiger partial charge in [-0.3, -0.25) is 9.52 Å². The highest BCUT2D eigenvalue weighted by atomic mass is 32.2. The van der Waals surface area contributed by atoms with Gasteiger partial charge in [0.25, 0.3) is 0 Å². The fraction of sp³-hybridized carbons (Fsp3) is 0.273. The van der Waals surface area contributed by atoms with Crippen molar-refractivity contribution in [1.29, 1.82) is 5.26 Å².